The molecule has 0 aromatic carbocycles. The number of aldehydes is 1. The summed E-state index contributed by atoms with van der Waals surface area (Å²) in [7, 11) is 0. The molecule has 16 heavy (non-hydrogen) atoms. The first kappa shape index (κ1) is 13.0. The smallest absolute Gasteiger partial charge is 0.408 e. The number of amides is 1. The van der Waals surface area contributed by atoms with Gasteiger partial charge < -0.3 is 14.8 Å². The molecular weight excluding hydrogens is 206 g/mol. The minimum Gasteiger partial charge on any atom is -0.444 e. The molecule has 0 spiro atoms. The molecule has 0 aliphatic heterocycles. The van der Waals surface area contributed by atoms with Crippen molar-refractivity contribution < 1.29 is 14.3 Å². The summed E-state index contributed by atoms with van der Waals surface area (Å²) in [5, 5.41) is 2.58. The van der Waals surface area contributed by atoms with E-state index in [1.165, 1.54) is 12.8 Å². The zero-order valence-corrected chi connectivity index (χ0v) is 10.3. The van der Waals surface area contributed by atoms with Gasteiger partial charge in [0.25, 0.3) is 0 Å². The standard InChI is InChI=1S/C12H21NO3/c1-12(2,3)16-11(15)13-10(8-14)7-6-9-4-5-9/h8-10H,4-7H2,1-3H3,(H,13,15). The molecule has 1 N–H and O–H groups in total. The zero-order valence-electron chi connectivity index (χ0n) is 10.3. The summed E-state index contributed by atoms with van der Waals surface area (Å²) < 4.78 is 5.08. The largest absolute Gasteiger partial charge is 0.444 e. The van der Waals surface area contributed by atoms with Gasteiger partial charge in [-0.2, -0.15) is 0 Å². The van der Waals surface area contributed by atoms with Crippen molar-refractivity contribution in [3.63, 3.8) is 0 Å². The average molecular weight is 227 g/mol. The van der Waals surface area contributed by atoms with E-state index in [0.29, 0.717) is 6.42 Å². The van der Waals surface area contributed by atoms with Gasteiger partial charge >= 0.3 is 6.09 Å². The number of carbonyl (C=O) groups is 2. The number of hydrogen-bond acceptors (Lipinski definition) is 3. The molecule has 1 rings (SSSR count). The summed E-state index contributed by atoms with van der Waals surface area (Å²) in [6.45, 7) is 5.39. The first-order chi connectivity index (χ1) is 7.40. The molecule has 4 heteroatoms. The molecule has 1 saturated carbocycles. The maximum atomic E-state index is 11.4. The molecule has 0 saturated heterocycles. The molecule has 1 unspecified atom stereocenters. The highest BCUT2D eigenvalue weighted by Crippen LogP contribution is 2.33. The van der Waals surface area contributed by atoms with E-state index in [-0.39, 0.29) is 0 Å². The van der Waals surface area contributed by atoms with Crippen molar-refractivity contribution in [1.82, 2.24) is 5.32 Å². The topological polar surface area (TPSA) is 55.4 Å². The van der Waals surface area contributed by atoms with Crippen molar-refractivity contribution in [3.05, 3.63) is 0 Å². The second-order valence-corrected chi connectivity index (χ2v) is 5.41. The molecule has 1 amide bonds. The summed E-state index contributed by atoms with van der Waals surface area (Å²) >= 11 is 0. The van der Waals surface area contributed by atoms with Crippen LogP contribution in [-0.4, -0.2) is 24.0 Å². The predicted molar refractivity (Wildman–Crippen MR) is 61.2 cm³/mol. The third-order valence-corrected chi connectivity index (χ3v) is 2.45. The van der Waals surface area contributed by atoms with Crippen molar-refractivity contribution in [2.45, 2.75) is 58.1 Å². The highest BCUT2D eigenvalue weighted by atomic mass is 16.6. The second kappa shape index (κ2) is 5.32. The minimum absolute atomic E-state index is 0.407. The summed E-state index contributed by atoms with van der Waals surface area (Å²) in [6.07, 6.45) is 4.52. The Kier molecular flexibility index (Phi) is 4.33. The first-order valence-electron chi connectivity index (χ1n) is 5.85. The Labute approximate surface area is 96.7 Å². The van der Waals surface area contributed by atoms with Crippen molar-refractivity contribution in [3.8, 4) is 0 Å². The molecular formula is C12H21NO3. The fourth-order valence-corrected chi connectivity index (χ4v) is 1.45. The number of rotatable bonds is 5. The molecule has 0 aromatic rings. The predicted octanol–water partition coefficient (Wildman–Crippen LogP) is 2.27. The van der Waals surface area contributed by atoms with Crippen LogP contribution in [0.15, 0.2) is 0 Å². The van der Waals surface area contributed by atoms with Gasteiger partial charge in [0.05, 0.1) is 6.04 Å². The number of carbonyl (C=O) groups excluding carboxylic acids is 2. The van der Waals surface area contributed by atoms with Crippen LogP contribution >= 0.6 is 0 Å². The first-order valence-corrected chi connectivity index (χ1v) is 5.85. The lowest BCUT2D eigenvalue weighted by Crippen LogP contribution is -2.40. The van der Waals surface area contributed by atoms with E-state index in [4.69, 9.17) is 4.74 Å². The molecule has 4 nitrogen and oxygen atoms in total. The lowest BCUT2D eigenvalue weighted by molar-refractivity contribution is -0.109. The number of nitrogens with one attached hydrogen (secondary N) is 1. The van der Waals surface area contributed by atoms with Crippen LogP contribution in [-0.2, 0) is 9.53 Å². The van der Waals surface area contributed by atoms with Gasteiger partial charge in [-0.15, -0.1) is 0 Å². The molecule has 0 bridgehead atoms. The van der Waals surface area contributed by atoms with Gasteiger partial charge in [0, 0.05) is 0 Å². The van der Waals surface area contributed by atoms with E-state index < -0.39 is 17.7 Å². The molecule has 1 aliphatic rings. The molecule has 1 fully saturated rings. The van der Waals surface area contributed by atoms with Crippen LogP contribution in [0.4, 0.5) is 4.79 Å². The van der Waals surface area contributed by atoms with Crippen molar-refractivity contribution in [2.24, 2.45) is 5.92 Å². The Morgan fingerprint density at radius 1 is 1.50 bits per heavy atom. The van der Waals surface area contributed by atoms with E-state index >= 15 is 0 Å². The minimum atomic E-state index is -0.520. The van der Waals surface area contributed by atoms with E-state index in [1.54, 1.807) is 20.8 Å². The van der Waals surface area contributed by atoms with Crippen LogP contribution in [0.5, 0.6) is 0 Å². The van der Waals surface area contributed by atoms with Gasteiger partial charge in [-0.05, 0) is 39.5 Å². The third kappa shape index (κ3) is 5.73. The molecule has 1 atom stereocenters. The summed E-state index contributed by atoms with van der Waals surface area (Å²) in [4.78, 5) is 22.2. The van der Waals surface area contributed by atoms with Gasteiger partial charge in [-0.3, -0.25) is 0 Å². The summed E-state index contributed by atoms with van der Waals surface area (Å²) in [5.41, 5.74) is -0.520. The Morgan fingerprint density at radius 3 is 2.56 bits per heavy atom. The van der Waals surface area contributed by atoms with Crippen LogP contribution in [0, 0.1) is 5.92 Å². The Bertz CT molecular complexity index is 253. The van der Waals surface area contributed by atoms with Crippen LogP contribution in [0.25, 0.3) is 0 Å². The maximum Gasteiger partial charge on any atom is 0.408 e. The fraction of sp³-hybridized carbons (Fsp3) is 0.833. The molecule has 1 aliphatic carbocycles. The van der Waals surface area contributed by atoms with Crippen LogP contribution in [0.1, 0.15) is 46.5 Å². The van der Waals surface area contributed by atoms with Gasteiger partial charge in [0.1, 0.15) is 11.9 Å². The van der Waals surface area contributed by atoms with E-state index in [2.05, 4.69) is 5.32 Å². The monoisotopic (exact) mass is 227 g/mol. The van der Waals surface area contributed by atoms with E-state index in [0.717, 1.165) is 18.6 Å². The molecule has 0 radical (unpaired) electrons. The van der Waals surface area contributed by atoms with Gasteiger partial charge in [0.2, 0.25) is 0 Å². The summed E-state index contributed by atoms with van der Waals surface area (Å²) in [5.74, 6) is 0.767. The second-order valence-electron chi connectivity index (χ2n) is 5.41. The van der Waals surface area contributed by atoms with Crippen LogP contribution in [0.3, 0.4) is 0 Å². The Morgan fingerprint density at radius 2 is 2.12 bits per heavy atom. The Hall–Kier alpha value is -1.06. The quantitative estimate of drug-likeness (QED) is 0.733. The van der Waals surface area contributed by atoms with E-state index in [1.807, 2.05) is 0 Å². The van der Waals surface area contributed by atoms with E-state index in [9.17, 15) is 9.59 Å². The van der Waals surface area contributed by atoms with Crippen LogP contribution < -0.4 is 5.32 Å². The number of hydrogen-bond donors (Lipinski definition) is 1. The Balaban J connectivity index is 2.25. The summed E-state index contributed by atoms with van der Waals surface area (Å²) in [6, 6.07) is -0.407. The number of ether oxygens (including phenoxy) is 1. The lowest BCUT2D eigenvalue weighted by atomic mass is 10.1. The normalized spacial score (nSPS) is 17.7. The van der Waals surface area contributed by atoms with Crippen molar-refractivity contribution in [1.29, 1.82) is 0 Å². The lowest BCUT2D eigenvalue weighted by Gasteiger charge is -2.21. The van der Waals surface area contributed by atoms with Gasteiger partial charge in [-0.1, -0.05) is 12.8 Å². The molecule has 0 aromatic heterocycles. The average Bonchev–Trinajstić information content (AvgIpc) is 2.92. The SMILES string of the molecule is CC(C)(C)OC(=O)NC(C=O)CCC1CC1. The zero-order chi connectivity index (χ0) is 12.2. The highest BCUT2D eigenvalue weighted by Gasteiger charge is 2.24. The maximum absolute atomic E-state index is 11.4. The van der Waals surface area contributed by atoms with Crippen molar-refractivity contribution >= 4 is 12.4 Å². The van der Waals surface area contributed by atoms with Gasteiger partial charge in [-0.25, -0.2) is 4.79 Å². The van der Waals surface area contributed by atoms with Crippen LogP contribution in [0.2, 0.25) is 0 Å². The molecule has 92 valence electrons. The fourth-order valence-electron chi connectivity index (χ4n) is 1.45. The van der Waals surface area contributed by atoms with Crippen molar-refractivity contribution in [2.75, 3.05) is 0 Å². The number of alkyl carbamates (subject to hydrolysis) is 1. The molecule has 0 heterocycles. The van der Waals surface area contributed by atoms with Gasteiger partial charge in [0.15, 0.2) is 0 Å². The highest BCUT2D eigenvalue weighted by molar-refractivity contribution is 5.73. The third-order valence-electron chi connectivity index (χ3n) is 2.45.